The van der Waals surface area contributed by atoms with E-state index in [1.165, 1.54) is 18.9 Å². The third kappa shape index (κ3) is 4.43. The highest BCUT2D eigenvalue weighted by Crippen LogP contribution is 2.48. The largest absolute Gasteiger partial charge is 0.497 e. The third-order valence-corrected chi connectivity index (χ3v) is 6.58. The van der Waals surface area contributed by atoms with Gasteiger partial charge in [0, 0.05) is 29.4 Å². The molecular formula is C22H25ClN2O4S. The number of amides is 1. The summed E-state index contributed by atoms with van der Waals surface area (Å²) in [7, 11) is 6.77. The van der Waals surface area contributed by atoms with Crippen molar-refractivity contribution in [2.24, 2.45) is 0 Å². The molecular weight excluding hydrogens is 424 g/mol. The maximum Gasteiger partial charge on any atom is 0.332 e. The lowest BCUT2D eigenvalue weighted by molar-refractivity contribution is -0.147. The van der Waals surface area contributed by atoms with Crippen LogP contribution in [0.25, 0.3) is 0 Å². The summed E-state index contributed by atoms with van der Waals surface area (Å²) < 4.78 is 8.98. The Morgan fingerprint density at radius 1 is 1.20 bits per heavy atom. The highest BCUT2D eigenvalue weighted by atomic mass is 35.5. The van der Waals surface area contributed by atoms with Crippen LogP contribution in [0, 0.1) is 0 Å². The monoisotopic (exact) mass is 448 g/mol. The molecule has 0 spiro atoms. The van der Waals surface area contributed by atoms with Crippen LogP contribution < -0.4 is 9.64 Å². The number of ether oxygens (including phenoxy) is 2. The summed E-state index contributed by atoms with van der Waals surface area (Å²) in [5.74, 6) is -0.215. The van der Waals surface area contributed by atoms with Crippen LogP contribution in [0.15, 0.2) is 47.4 Å². The summed E-state index contributed by atoms with van der Waals surface area (Å²) in [6.07, 6.45) is 0.171. The Bertz CT molecular complexity index is 952. The molecule has 1 unspecified atom stereocenters. The maximum absolute atomic E-state index is 13.8. The quantitative estimate of drug-likeness (QED) is 0.477. The number of thioether (sulfide) groups is 1. The molecule has 1 aliphatic rings. The van der Waals surface area contributed by atoms with Gasteiger partial charge in [-0.15, -0.1) is 0 Å². The number of anilines is 1. The van der Waals surface area contributed by atoms with Crippen LogP contribution >= 0.6 is 23.4 Å². The Hall–Kier alpha value is -2.22. The minimum atomic E-state index is -1.45. The van der Waals surface area contributed by atoms with Gasteiger partial charge >= 0.3 is 5.97 Å². The first-order valence-electron chi connectivity index (χ1n) is 9.47. The van der Waals surface area contributed by atoms with E-state index in [1.807, 2.05) is 49.3 Å². The number of carbonyl (C=O) groups is 2. The Labute approximate surface area is 186 Å². The van der Waals surface area contributed by atoms with Gasteiger partial charge in [-0.05, 0) is 50.0 Å². The Morgan fingerprint density at radius 3 is 2.63 bits per heavy atom. The van der Waals surface area contributed by atoms with Crippen LogP contribution in [0.2, 0.25) is 5.02 Å². The second-order valence-electron chi connectivity index (χ2n) is 7.32. The number of likely N-dealkylation sites (N-methyl/N-ethyl adjacent to an activating group) is 1. The average molecular weight is 449 g/mol. The molecule has 1 atom stereocenters. The number of fused-ring (bicyclic) bond motifs is 1. The second-order valence-corrected chi connectivity index (χ2v) is 9.10. The highest BCUT2D eigenvalue weighted by molar-refractivity contribution is 8.02. The molecule has 0 aliphatic carbocycles. The predicted molar refractivity (Wildman–Crippen MR) is 120 cm³/mol. The lowest BCUT2D eigenvalue weighted by Gasteiger charge is -2.40. The van der Waals surface area contributed by atoms with E-state index in [2.05, 4.69) is 0 Å². The van der Waals surface area contributed by atoms with E-state index in [4.69, 9.17) is 21.1 Å². The first-order valence-corrected chi connectivity index (χ1v) is 10.7. The molecule has 2 aromatic carbocycles. The maximum atomic E-state index is 13.8. The smallest absolute Gasteiger partial charge is 0.332 e. The van der Waals surface area contributed by atoms with E-state index in [-0.39, 0.29) is 12.3 Å². The van der Waals surface area contributed by atoms with Crippen LogP contribution in [0.3, 0.4) is 0 Å². The number of rotatable bonds is 7. The normalized spacial score (nSPS) is 18.3. The Kier molecular flexibility index (Phi) is 6.95. The van der Waals surface area contributed by atoms with E-state index in [1.54, 1.807) is 24.1 Å². The zero-order valence-electron chi connectivity index (χ0n) is 17.5. The Balaban J connectivity index is 2.10. The van der Waals surface area contributed by atoms with Gasteiger partial charge in [-0.25, -0.2) is 4.79 Å². The summed E-state index contributed by atoms with van der Waals surface area (Å²) in [4.78, 5) is 31.3. The lowest BCUT2D eigenvalue weighted by Crippen LogP contribution is -2.57. The molecule has 1 aliphatic heterocycles. The first kappa shape index (κ1) is 22.5. The van der Waals surface area contributed by atoms with Crippen molar-refractivity contribution in [3.63, 3.8) is 0 Å². The van der Waals surface area contributed by atoms with Gasteiger partial charge in [0.1, 0.15) is 5.75 Å². The second kappa shape index (κ2) is 9.29. The standard InChI is InChI=1S/C22H25ClN2O4S/c1-24(2)10-11-25-18-9-8-16(23)13-19(18)30-22(20(25)26,21(27)29-4)14-15-6-5-7-17(12-15)28-3/h5-9,12-13H,10-11,14H2,1-4H3. The number of esters is 1. The van der Waals surface area contributed by atoms with Crippen molar-refractivity contribution in [3.8, 4) is 5.75 Å². The lowest BCUT2D eigenvalue weighted by atomic mass is 9.95. The zero-order chi connectivity index (χ0) is 21.9. The first-order chi connectivity index (χ1) is 14.3. The van der Waals surface area contributed by atoms with Gasteiger partial charge < -0.3 is 19.3 Å². The van der Waals surface area contributed by atoms with Crippen LogP contribution in [-0.2, 0) is 20.7 Å². The minimum absolute atomic E-state index is 0.171. The van der Waals surface area contributed by atoms with E-state index in [9.17, 15) is 9.59 Å². The van der Waals surface area contributed by atoms with E-state index in [0.717, 1.165) is 16.1 Å². The average Bonchev–Trinajstić information content (AvgIpc) is 2.73. The third-order valence-electron chi connectivity index (χ3n) is 4.96. The molecule has 0 fully saturated rings. The molecule has 6 nitrogen and oxygen atoms in total. The molecule has 2 aromatic rings. The van der Waals surface area contributed by atoms with Crippen molar-refractivity contribution in [1.29, 1.82) is 0 Å². The van der Waals surface area contributed by atoms with Gasteiger partial charge in [0.15, 0.2) is 0 Å². The van der Waals surface area contributed by atoms with E-state index >= 15 is 0 Å². The summed E-state index contributed by atoms with van der Waals surface area (Å²) in [6.45, 7) is 1.09. The van der Waals surface area contributed by atoms with Gasteiger partial charge in [0.05, 0.1) is 19.9 Å². The molecule has 0 bridgehead atoms. The van der Waals surface area contributed by atoms with Crippen molar-refractivity contribution < 1.29 is 19.1 Å². The fourth-order valence-electron chi connectivity index (χ4n) is 3.42. The summed E-state index contributed by atoms with van der Waals surface area (Å²) in [5.41, 5.74) is 1.56. The van der Waals surface area contributed by atoms with Crippen molar-refractivity contribution in [1.82, 2.24) is 4.90 Å². The molecule has 30 heavy (non-hydrogen) atoms. The molecule has 1 amide bonds. The van der Waals surface area contributed by atoms with Gasteiger partial charge in [-0.2, -0.15) is 0 Å². The summed E-state index contributed by atoms with van der Waals surface area (Å²) in [6, 6.07) is 12.7. The highest BCUT2D eigenvalue weighted by Gasteiger charge is 2.54. The number of hydrogen-bond donors (Lipinski definition) is 0. The Morgan fingerprint density at radius 2 is 1.97 bits per heavy atom. The van der Waals surface area contributed by atoms with Crippen LogP contribution in [0.5, 0.6) is 5.75 Å². The van der Waals surface area contributed by atoms with Gasteiger partial charge in [0.2, 0.25) is 4.75 Å². The summed E-state index contributed by atoms with van der Waals surface area (Å²) >= 11 is 7.44. The number of hydrogen-bond acceptors (Lipinski definition) is 6. The fourth-order valence-corrected chi connectivity index (χ4v) is 5.10. The van der Waals surface area contributed by atoms with Crippen LogP contribution in [0.1, 0.15) is 5.56 Å². The molecule has 0 radical (unpaired) electrons. The fraction of sp³-hybridized carbons (Fsp3) is 0.364. The molecule has 0 aromatic heterocycles. The van der Waals surface area contributed by atoms with Gasteiger partial charge in [-0.1, -0.05) is 35.5 Å². The summed E-state index contributed by atoms with van der Waals surface area (Å²) in [5, 5.41) is 0.545. The van der Waals surface area contributed by atoms with Crippen molar-refractivity contribution in [3.05, 3.63) is 53.1 Å². The van der Waals surface area contributed by atoms with Crippen molar-refractivity contribution in [2.75, 3.05) is 46.3 Å². The van der Waals surface area contributed by atoms with E-state index < -0.39 is 10.7 Å². The van der Waals surface area contributed by atoms with Crippen molar-refractivity contribution in [2.45, 2.75) is 16.1 Å². The molecule has 3 rings (SSSR count). The number of benzene rings is 2. The number of nitrogens with zero attached hydrogens (tertiary/aromatic N) is 2. The number of methoxy groups -OCH3 is 2. The SMILES string of the molecule is COC(=O)C1(Cc2cccc(OC)c2)Sc2cc(Cl)ccc2N(CCN(C)C)C1=O. The molecule has 0 saturated heterocycles. The molecule has 1 heterocycles. The predicted octanol–water partition coefficient (Wildman–Crippen LogP) is 3.50. The molecule has 0 N–H and O–H groups in total. The number of halogens is 1. The molecule has 8 heteroatoms. The van der Waals surface area contributed by atoms with Gasteiger partial charge in [-0.3, -0.25) is 4.79 Å². The van der Waals surface area contributed by atoms with Crippen molar-refractivity contribution >= 4 is 40.9 Å². The zero-order valence-corrected chi connectivity index (χ0v) is 19.0. The molecule has 160 valence electrons. The number of carbonyl (C=O) groups excluding carboxylic acids is 2. The van der Waals surface area contributed by atoms with Gasteiger partial charge in [0.25, 0.3) is 5.91 Å². The van der Waals surface area contributed by atoms with Crippen LogP contribution in [0.4, 0.5) is 5.69 Å². The van der Waals surface area contributed by atoms with Crippen LogP contribution in [-0.4, -0.2) is 62.9 Å². The van der Waals surface area contributed by atoms with E-state index in [0.29, 0.717) is 23.9 Å². The topological polar surface area (TPSA) is 59.1 Å². The molecule has 0 saturated carbocycles. The minimum Gasteiger partial charge on any atom is -0.497 e.